The van der Waals surface area contributed by atoms with Gasteiger partial charge in [-0.05, 0) is 109 Å². The number of carboxylic acids is 1. The van der Waals surface area contributed by atoms with Gasteiger partial charge in [0, 0.05) is 19.3 Å². The predicted molar refractivity (Wildman–Crippen MR) is 303 cm³/mol. The number of hydrogen-bond donors (Lipinski definition) is 3. The average molecular weight is 1050 g/mol. The molecule has 0 spiro atoms. The zero-order valence-corrected chi connectivity index (χ0v) is 46.8. The Labute approximate surface area is 453 Å². The van der Waals surface area contributed by atoms with Crippen LogP contribution in [0.4, 0.5) is 0 Å². The number of aliphatic carboxylic acids is 1. The Bertz CT molecular complexity index is 1670. The highest BCUT2D eigenvalue weighted by atomic mass is 16.7. The van der Waals surface area contributed by atoms with Gasteiger partial charge in [0.2, 0.25) is 0 Å². The Morgan fingerprint density at radius 3 is 1.37 bits per heavy atom. The van der Waals surface area contributed by atoms with Crippen LogP contribution in [0.3, 0.4) is 0 Å². The van der Waals surface area contributed by atoms with E-state index in [1.807, 2.05) is 18.2 Å². The maximum Gasteiger partial charge on any atom is 0.335 e. The molecule has 1 fully saturated rings. The summed E-state index contributed by atoms with van der Waals surface area (Å²) in [6.07, 6.45) is 54.0. The summed E-state index contributed by atoms with van der Waals surface area (Å²) >= 11 is 0. The number of aliphatic hydroxyl groups excluding tert-OH is 2. The Morgan fingerprint density at radius 1 is 0.453 bits per heavy atom. The molecule has 6 atom stereocenters. The molecule has 0 aromatic heterocycles. The summed E-state index contributed by atoms with van der Waals surface area (Å²) in [5, 5.41) is 31.4. The van der Waals surface area contributed by atoms with Crippen LogP contribution in [0.1, 0.15) is 226 Å². The number of unbranched alkanes of at least 4 members (excludes halogenated alkanes) is 18. The standard InChI is InChI=1S/C63H102O12/c1-4-7-10-13-16-19-22-25-26-27-28-29-30-33-34-37-40-43-46-49-55(64)71-52-54(73-56(65)50-47-44-41-38-35-31-23-20-17-14-11-8-5-2)53-72-63-61(59(68)58(67)60(75-63)62(69)70)74-57(66)51-48-45-42-39-36-32-24-21-18-15-12-9-6-3/h9,12,16,18-21,23,25-26,28-29,32,36,42,45,54,58-61,63,67-68H,4-8,10-11,13-15,17,22,24,27,30-31,33-35,37-41,43-44,46-53H2,1-3H3,(H,69,70)/b12-9-,19-16-,21-18-,23-20-,26-25-,29-28-,36-32-,45-42-. The Hall–Kier alpha value is -4.36. The lowest BCUT2D eigenvalue weighted by molar-refractivity contribution is -0.301. The van der Waals surface area contributed by atoms with Gasteiger partial charge in [-0.1, -0.05) is 195 Å². The van der Waals surface area contributed by atoms with E-state index in [0.717, 1.165) is 109 Å². The van der Waals surface area contributed by atoms with Crippen LogP contribution in [-0.4, -0.2) is 89.2 Å². The second-order valence-corrected chi connectivity index (χ2v) is 19.5. The fourth-order valence-corrected chi connectivity index (χ4v) is 8.15. The van der Waals surface area contributed by atoms with Crippen molar-refractivity contribution in [2.75, 3.05) is 13.2 Å². The lowest BCUT2D eigenvalue weighted by Gasteiger charge is -2.40. The largest absolute Gasteiger partial charge is 0.479 e. The van der Waals surface area contributed by atoms with Crippen molar-refractivity contribution < 1.29 is 58.2 Å². The van der Waals surface area contributed by atoms with Crippen molar-refractivity contribution in [1.29, 1.82) is 0 Å². The van der Waals surface area contributed by atoms with Crippen molar-refractivity contribution in [2.24, 2.45) is 0 Å². The molecule has 3 N–H and O–H groups in total. The average Bonchev–Trinajstić information content (AvgIpc) is 3.39. The highest BCUT2D eigenvalue weighted by Gasteiger charge is 2.50. The van der Waals surface area contributed by atoms with Crippen molar-refractivity contribution in [2.45, 2.75) is 263 Å². The smallest absolute Gasteiger partial charge is 0.335 e. The first kappa shape index (κ1) is 68.7. The van der Waals surface area contributed by atoms with E-state index in [1.54, 1.807) is 0 Å². The summed E-state index contributed by atoms with van der Waals surface area (Å²) in [5.74, 6) is -3.26. The molecular formula is C63H102O12. The van der Waals surface area contributed by atoms with Gasteiger partial charge in [0.1, 0.15) is 18.8 Å². The molecule has 0 bridgehead atoms. The summed E-state index contributed by atoms with van der Waals surface area (Å²) in [5.41, 5.74) is 0. The molecule has 1 aliphatic rings. The van der Waals surface area contributed by atoms with E-state index in [2.05, 4.69) is 99.8 Å². The summed E-state index contributed by atoms with van der Waals surface area (Å²) in [7, 11) is 0. The quantitative estimate of drug-likeness (QED) is 0.0228. The molecule has 0 aliphatic carbocycles. The number of carbonyl (C=O) groups excluding carboxylic acids is 3. The summed E-state index contributed by atoms with van der Waals surface area (Å²) in [6, 6.07) is 0. The van der Waals surface area contributed by atoms with Gasteiger partial charge < -0.3 is 39.0 Å². The number of hydrogen-bond acceptors (Lipinski definition) is 11. The molecule has 0 aromatic rings. The molecule has 0 aromatic carbocycles. The molecule has 12 nitrogen and oxygen atoms in total. The summed E-state index contributed by atoms with van der Waals surface area (Å²) in [4.78, 5) is 51.0. The third kappa shape index (κ3) is 40.6. The zero-order chi connectivity index (χ0) is 54.7. The number of rotatable bonds is 48. The molecule has 0 amide bonds. The Kier molecular flexibility index (Phi) is 46.2. The highest BCUT2D eigenvalue weighted by Crippen LogP contribution is 2.26. The van der Waals surface area contributed by atoms with Crippen LogP contribution in [0, 0.1) is 0 Å². The number of allylic oxidation sites excluding steroid dienone is 16. The van der Waals surface area contributed by atoms with E-state index in [4.69, 9.17) is 23.7 Å². The number of ether oxygens (including phenoxy) is 5. The number of aliphatic hydroxyl groups is 2. The van der Waals surface area contributed by atoms with Crippen molar-refractivity contribution in [3.8, 4) is 0 Å². The van der Waals surface area contributed by atoms with E-state index in [1.165, 1.54) is 51.4 Å². The van der Waals surface area contributed by atoms with Crippen molar-refractivity contribution in [3.05, 3.63) is 97.2 Å². The van der Waals surface area contributed by atoms with Gasteiger partial charge in [-0.15, -0.1) is 0 Å². The maximum absolute atomic E-state index is 13.1. The van der Waals surface area contributed by atoms with E-state index in [-0.39, 0.29) is 25.9 Å². The van der Waals surface area contributed by atoms with Crippen LogP contribution >= 0.6 is 0 Å². The van der Waals surface area contributed by atoms with Crippen LogP contribution in [0.2, 0.25) is 0 Å². The first-order valence-corrected chi connectivity index (χ1v) is 29.2. The van der Waals surface area contributed by atoms with Crippen LogP contribution in [0.25, 0.3) is 0 Å². The van der Waals surface area contributed by atoms with Gasteiger partial charge in [0.15, 0.2) is 24.6 Å². The number of esters is 3. The molecule has 12 heteroatoms. The molecule has 6 unspecified atom stereocenters. The van der Waals surface area contributed by atoms with Gasteiger partial charge in [0.05, 0.1) is 6.61 Å². The molecule has 1 aliphatic heterocycles. The zero-order valence-electron chi connectivity index (χ0n) is 46.8. The van der Waals surface area contributed by atoms with Crippen LogP contribution in [0.5, 0.6) is 0 Å². The minimum absolute atomic E-state index is 0.0666. The molecule has 426 valence electrons. The van der Waals surface area contributed by atoms with Crippen LogP contribution in [0.15, 0.2) is 97.2 Å². The summed E-state index contributed by atoms with van der Waals surface area (Å²) in [6.45, 7) is 5.77. The fraction of sp³-hybridized carbons (Fsp3) is 0.683. The lowest BCUT2D eigenvalue weighted by atomic mass is 9.98. The van der Waals surface area contributed by atoms with Gasteiger partial charge in [-0.2, -0.15) is 0 Å². The van der Waals surface area contributed by atoms with Crippen molar-refractivity contribution in [3.63, 3.8) is 0 Å². The van der Waals surface area contributed by atoms with Crippen molar-refractivity contribution >= 4 is 23.9 Å². The predicted octanol–water partition coefficient (Wildman–Crippen LogP) is 14.9. The lowest BCUT2D eigenvalue weighted by Crippen LogP contribution is -2.61. The Morgan fingerprint density at radius 2 is 0.867 bits per heavy atom. The second kappa shape index (κ2) is 50.5. The fourth-order valence-electron chi connectivity index (χ4n) is 8.15. The molecule has 1 heterocycles. The van der Waals surface area contributed by atoms with Gasteiger partial charge >= 0.3 is 23.9 Å². The second-order valence-electron chi connectivity index (χ2n) is 19.5. The van der Waals surface area contributed by atoms with E-state index < -0.39 is 67.3 Å². The monoisotopic (exact) mass is 1050 g/mol. The van der Waals surface area contributed by atoms with Crippen LogP contribution in [-0.2, 0) is 42.9 Å². The molecule has 1 rings (SSSR count). The van der Waals surface area contributed by atoms with E-state index >= 15 is 0 Å². The molecular weight excluding hydrogens is 949 g/mol. The van der Waals surface area contributed by atoms with E-state index in [0.29, 0.717) is 25.7 Å². The van der Waals surface area contributed by atoms with Crippen molar-refractivity contribution in [1.82, 2.24) is 0 Å². The topological polar surface area (TPSA) is 175 Å². The Balaban J connectivity index is 2.73. The molecule has 0 saturated carbocycles. The van der Waals surface area contributed by atoms with Crippen LogP contribution < -0.4 is 0 Å². The number of carbonyl (C=O) groups is 4. The molecule has 1 saturated heterocycles. The minimum Gasteiger partial charge on any atom is -0.479 e. The van der Waals surface area contributed by atoms with Gasteiger partial charge in [-0.25, -0.2) is 4.79 Å². The third-order valence-corrected chi connectivity index (χ3v) is 12.6. The minimum atomic E-state index is -1.93. The van der Waals surface area contributed by atoms with Gasteiger partial charge in [0.25, 0.3) is 0 Å². The third-order valence-electron chi connectivity index (χ3n) is 12.6. The maximum atomic E-state index is 13.1. The van der Waals surface area contributed by atoms with E-state index in [9.17, 15) is 34.5 Å². The normalized spacial score (nSPS) is 18.9. The number of carboxylic acid groups (broad SMARTS) is 1. The molecule has 75 heavy (non-hydrogen) atoms. The first-order valence-electron chi connectivity index (χ1n) is 29.2. The first-order chi connectivity index (χ1) is 36.6. The molecule has 0 radical (unpaired) electrons. The van der Waals surface area contributed by atoms with Gasteiger partial charge in [-0.3, -0.25) is 14.4 Å². The SMILES string of the molecule is CC/C=C\C/C=C\C/C=C\C/C=C\CCC(=O)OC1C(OCC(COC(=O)CCCCCCCC/C=C\C/C=C\C/C=C\CCCCC)OC(=O)CCCCCCC/C=C\CCCCCC)OC(C(=O)O)C(O)C1O. The highest BCUT2D eigenvalue weighted by molar-refractivity contribution is 5.74. The summed E-state index contributed by atoms with van der Waals surface area (Å²) < 4.78 is 28.3.